The van der Waals surface area contributed by atoms with Crippen LogP contribution in [-0.2, 0) is 4.79 Å². The van der Waals surface area contributed by atoms with Crippen molar-refractivity contribution in [1.29, 1.82) is 0 Å². The standard InChI is InChI=1S/C18H22N4O/c1-4-16(21-17-6-5-13(2)11-14(17)3)18(23)22-20-12-15-7-9-19-10-8-15/h5-12,16,21H,4H2,1-3H3,(H,22,23)/b20-12+. The van der Waals surface area contributed by atoms with Gasteiger partial charge in [0.1, 0.15) is 6.04 Å². The highest BCUT2D eigenvalue weighted by atomic mass is 16.2. The first kappa shape index (κ1) is 16.7. The van der Waals surface area contributed by atoms with Crippen LogP contribution >= 0.6 is 0 Å². The molecule has 2 aromatic rings. The molecule has 0 radical (unpaired) electrons. The van der Waals surface area contributed by atoms with Crippen molar-refractivity contribution in [2.24, 2.45) is 5.10 Å². The zero-order chi connectivity index (χ0) is 16.7. The van der Waals surface area contributed by atoms with Crippen LogP contribution in [0.3, 0.4) is 0 Å². The van der Waals surface area contributed by atoms with E-state index in [2.05, 4.69) is 33.8 Å². The second-order valence-electron chi connectivity index (χ2n) is 5.44. The molecule has 1 heterocycles. The number of aryl methyl sites for hydroxylation is 2. The highest BCUT2D eigenvalue weighted by Crippen LogP contribution is 2.17. The van der Waals surface area contributed by atoms with Crippen molar-refractivity contribution in [3.63, 3.8) is 0 Å². The molecule has 0 aliphatic carbocycles. The number of carbonyl (C=O) groups excluding carboxylic acids is 1. The number of amides is 1. The number of carbonyl (C=O) groups is 1. The van der Waals surface area contributed by atoms with E-state index in [1.54, 1.807) is 18.6 Å². The number of benzene rings is 1. The minimum absolute atomic E-state index is 0.155. The number of rotatable bonds is 6. The first-order valence-electron chi connectivity index (χ1n) is 7.67. The molecule has 1 amide bonds. The summed E-state index contributed by atoms with van der Waals surface area (Å²) in [5.74, 6) is -0.155. The maximum atomic E-state index is 12.2. The molecule has 5 nitrogen and oxygen atoms in total. The molecule has 0 saturated carbocycles. The third kappa shape index (κ3) is 4.92. The van der Waals surface area contributed by atoms with Crippen LogP contribution in [0.15, 0.2) is 47.8 Å². The average Bonchev–Trinajstić information content (AvgIpc) is 2.55. The molecule has 1 aromatic heterocycles. The number of aromatic nitrogens is 1. The highest BCUT2D eigenvalue weighted by molar-refractivity contribution is 5.86. The Labute approximate surface area is 136 Å². The van der Waals surface area contributed by atoms with E-state index in [9.17, 15) is 4.79 Å². The van der Waals surface area contributed by atoms with Crippen molar-refractivity contribution in [2.45, 2.75) is 33.2 Å². The number of hydrogen-bond acceptors (Lipinski definition) is 4. The SMILES string of the molecule is CCC(Nc1ccc(C)cc1C)C(=O)N/N=C/c1ccncc1. The molecule has 23 heavy (non-hydrogen) atoms. The summed E-state index contributed by atoms with van der Waals surface area (Å²) in [6.45, 7) is 6.05. The molecule has 1 aromatic carbocycles. The Morgan fingerprint density at radius 2 is 2.00 bits per heavy atom. The number of hydrogen-bond donors (Lipinski definition) is 2. The molecule has 1 unspecified atom stereocenters. The van der Waals surface area contributed by atoms with E-state index < -0.39 is 0 Å². The maximum Gasteiger partial charge on any atom is 0.262 e. The summed E-state index contributed by atoms with van der Waals surface area (Å²) in [5, 5.41) is 7.27. The van der Waals surface area contributed by atoms with Gasteiger partial charge in [-0.05, 0) is 49.6 Å². The Balaban J connectivity index is 1.97. The summed E-state index contributed by atoms with van der Waals surface area (Å²) in [4.78, 5) is 16.2. The molecule has 0 spiro atoms. The van der Waals surface area contributed by atoms with Gasteiger partial charge in [0.25, 0.3) is 5.91 Å². The van der Waals surface area contributed by atoms with Gasteiger partial charge in [0.05, 0.1) is 6.21 Å². The molecule has 0 fully saturated rings. The second-order valence-corrected chi connectivity index (χ2v) is 5.44. The lowest BCUT2D eigenvalue weighted by Gasteiger charge is -2.18. The lowest BCUT2D eigenvalue weighted by Crippen LogP contribution is -2.37. The van der Waals surface area contributed by atoms with Crippen LogP contribution in [0.5, 0.6) is 0 Å². The zero-order valence-electron chi connectivity index (χ0n) is 13.7. The normalized spacial score (nSPS) is 12.1. The van der Waals surface area contributed by atoms with E-state index >= 15 is 0 Å². The number of nitrogens with zero attached hydrogens (tertiary/aromatic N) is 2. The van der Waals surface area contributed by atoms with Gasteiger partial charge in [-0.15, -0.1) is 0 Å². The van der Waals surface area contributed by atoms with E-state index in [0.29, 0.717) is 6.42 Å². The van der Waals surface area contributed by atoms with Crippen molar-refractivity contribution < 1.29 is 4.79 Å². The Kier molecular flexibility index (Phi) is 5.86. The number of nitrogens with one attached hydrogen (secondary N) is 2. The van der Waals surface area contributed by atoms with Crippen molar-refractivity contribution in [1.82, 2.24) is 10.4 Å². The van der Waals surface area contributed by atoms with Gasteiger partial charge in [-0.2, -0.15) is 5.10 Å². The first-order chi connectivity index (χ1) is 11.1. The van der Waals surface area contributed by atoms with E-state index in [1.807, 2.05) is 38.1 Å². The van der Waals surface area contributed by atoms with Crippen LogP contribution in [0.4, 0.5) is 5.69 Å². The molecular formula is C18H22N4O. The number of anilines is 1. The molecule has 2 N–H and O–H groups in total. The van der Waals surface area contributed by atoms with Gasteiger partial charge in [0.15, 0.2) is 0 Å². The van der Waals surface area contributed by atoms with Gasteiger partial charge in [-0.1, -0.05) is 24.6 Å². The van der Waals surface area contributed by atoms with Gasteiger partial charge in [-0.3, -0.25) is 9.78 Å². The Morgan fingerprint density at radius 3 is 2.65 bits per heavy atom. The monoisotopic (exact) mass is 310 g/mol. The molecule has 0 aliphatic rings. The Morgan fingerprint density at radius 1 is 1.26 bits per heavy atom. The van der Waals surface area contributed by atoms with Gasteiger partial charge < -0.3 is 5.32 Å². The Hall–Kier alpha value is -2.69. The van der Waals surface area contributed by atoms with Crippen molar-refractivity contribution in [3.8, 4) is 0 Å². The second kappa shape index (κ2) is 8.08. The van der Waals surface area contributed by atoms with Crippen LogP contribution in [0.2, 0.25) is 0 Å². The fourth-order valence-corrected chi connectivity index (χ4v) is 2.21. The molecule has 1 atom stereocenters. The maximum absolute atomic E-state index is 12.2. The molecule has 0 bridgehead atoms. The molecular weight excluding hydrogens is 288 g/mol. The first-order valence-corrected chi connectivity index (χ1v) is 7.67. The van der Waals surface area contributed by atoms with Crippen molar-refractivity contribution >= 4 is 17.8 Å². The van der Waals surface area contributed by atoms with Gasteiger partial charge in [-0.25, -0.2) is 5.43 Å². The fourth-order valence-electron chi connectivity index (χ4n) is 2.21. The summed E-state index contributed by atoms with van der Waals surface area (Å²) >= 11 is 0. The van der Waals surface area contributed by atoms with Crippen LogP contribution < -0.4 is 10.7 Å². The number of hydrazone groups is 1. The topological polar surface area (TPSA) is 66.4 Å². The highest BCUT2D eigenvalue weighted by Gasteiger charge is 2.16. The lowest BCUT2D eigenvalue weighted by atomic mass is 10.1. The van der Waals surface area contributed by atoms with Gasteiger partial charge >= 0.3 is 0 Å². The van der Waals surface area contributed by atoms with Crippen LogP contribution in [0.25, 0.3) is 0 Å². The summed E-state index contributed by atoms with van der Waals surface area (Å²) in [6, 6.07) is 9.43. The largest absolute Gasteiger partial charge is 0.373 e. The molecule has 0 aliphatic heterocycles. The molecule has 5 heteroatoms. The van der Waals surface area contributed by atoms with Crippen molar-refractivity contribution in [3.05, 3.63) is 59.4 Å². The van der Waals surface area contributed by atoms with E-state index in [-0.39, 0.29) is 11.9 Å². The summed E-state index contributed by atoms with van der Waals surface area (Å²) in [6.07, 6.45) is 5.63. The molecule has 0 saturated heterocycles. The minimum Gasteiger partial charge on any atom is -0.373 e. The summed E-state index contributed by atoms with van der Waals surface area (Å²) in [5.41, 5.74) is 6.76. The fraction of sp³-hybridized carbons (Fsp3) is 0.278. The summed E-state index contributed by atoms with van der Waals surface area (Å²) < 4.78 is 0. The van der Waals surface area contributed by atoms with Crippen LogP contribution in [0.1, 0.15) is 30.0 Å². The van der Waals surface area contributed by atoms with Crippen LogP contribution in [0, 0.1) is 13.8 Å². The predicted molar refractivity (Wildman–Crippen MR) is 93.6 cm³/mol. The quantitative estimate of drug-likeness (QED) is 0.636. The minimum atomic E-state index is -0.328. The predicted octanol–water partition coefficient (Wildman–Crippen LogP) is 3.04. The van der Waals surface area contributed by atoms with Gasteiger partial charge in [0, 0.05) is 18.1 Å². The number of pyridine rings is 1. The molecule has 120 valence electrons. The van der Waals surface area contributed by atoms with E-state index in [1.165, 1.54) is 5.56 Å². The van der Waals surface area contributed by atoms with E-state index in [4.69, 9.17) is 0 Å². The third-order valence-corrected chi connectivity index (χ3v) is 3.53. The van der Waals surface area contributed by atoms with Crippen molar-refractivity contribution in [2.75, 3.05) is 5.32 Å². The molecule has 2 rings (SSSR count). The third-order valence-electron chi connectivity index (χ3n) is 3.53. The Bertz CT molecular complexity index is 683. The summed E-state index contributed by atoms with van der Waals surface area (Å²) in [7, 11) is 0. The smallest absolute Gasteiger partial charge is 0.262 e. The van der Waals surface area contributed by atoms with Gasteiger partial charge in [0.2, 0.25) is 0 Å². The lowest BCUT2D eigenvalue weighted by molar-refractivity contribution is -0.121. The zero-order valence-corrected chi connectivity index (χ0v) is 13.7. The average molecular weight is 310 g/mol. The van der Waals surface area contributed by atoms with E-state index in [0.717, 1.165) is 16.8 Å². The van der Waals surface area contributed by atoms with Crippen LogP contribution in [-0.4, -0.2) is 23.1 Å².